The third kappa shape index (κ3) is 12.2. The van der Waals surface area contributed by atoms with E-state index in [9.17, 15) is 14.7 Å². The lowest BCUT2D eigenvalue weighted by Gasteiger charge is -2.29. The molecule has 0 saturated heterocycles. The van der Waals surface area contributed by atoms with E-state index in [1.807, 2.05) is 109 Å². The SMILES string of the molecule is C.C.C.CC(C)(C)c1ccc(C(C)(Oc2ccc(Br)cc2-n2nc3ccccc3n2)C(=O)O)cc1.CCOC(=O)C(Oc1ccc(Br)cc1-n1nc2ccccc2n1)c1ccc(C(C)(C)C)cc1. The first-order valence-electron chi connectivity index (χ1n) is 21.1. The largest absolute Gasteiger partial charge is 0.478 e. The second-order valence-electron chi connectivity index (χ2n) is 17.6. The smallest absolute Gasteiger partial charge is 0.352 e. The minimum atomic E-state index is -1.61. The van der Waals surface area contributed by atoms with Gasteiger partial charge in [-0.3, -0.25) is 0 Å². The number of fused-ring (bicyclic) bond motifs is 2. The number of nitrogens with zero attached hydrogens (tertiary/aromatic N) is 6. The highest BCUT2D eigenvalue weighted by molar-refractivity contribution is 9.10. The summed E-state index contributed by atoms with van der Waals surface area (Å²) in [5.41, 5.74) is 6.06. The fraction of sp³-hybridized carbons (Fsp3) is 0.296. The van der Waals surface area contributed by atoms with Gasteiger partial charge in [0, 0.05) is 20.1 Å². The van der Waals surface area contributed by atoms with Crippen LogP contribution >= 0.6 is 31.9 Å². The van der Waals surface area contributed by atoms with E-state index in [1.54, 1.807) is 38.1 Å². The molecule has 0 saturated carbocycles. The molecule has 358 valence electrons. The lowest BCUT2D eigenvalue weighted by atomic mass is 9.85. The van der Waals surface area contributed by atoms with Gasteiger partial charge in [-0.1, -0.05) is 168 Å². The predicted octanol–water partition coefficient (Wildman–Crippen LogP) is 13.9. The fourth-order valence-electron chi connectivity index (χ4n) is 6.90. The summed E-state index contributed by atoms with van der Waals surface area (Å²) in [4.78, 5) is 28.3. The highest BCUT2D eigenvalue weighted by Crippen LogP contribution is 2.36. The van der Waals surface area contributed by atoms with Gasteiger partial charge in [-0.05, 0) is 96.5 Å². The Labute approximate surface area is 416 Å². The standard InChI is InChI=1S/C26H26BrN3O3.C25H24BrN3O3.3CH4/c1-5-32-25(31)24(17-10-12-18(13-11-17)26(2,3)4)33-23-15-14-19(27)16-22(23)30-28-20-8-6-7-9-21(20)29-30;1-24(2,3)16-9-11-17(12-10-16)25(4,23(30)31)32-22-14-13-18(26)15-21(22)29-27-19-7-5-6-8-20(19)28-29;;;/h6-16,24H,5H2,1-4H3;5-15H,1-4H3,(H,30,31);3*1H4. The molecule has 0 aliphatic carbocycles. The van der Waals surface area contributed by atoms with Crippen LogP contribution in [0.25, 0.3) is 33.4 Å². The molecule has 2 aromatic heterocycles. The first kappa shape index (κ1) is 54.2. The molecule has 68 heavy (non-hydrogen) atoms. The number of rotatable bonds is 11. The van der Waals surface area contributed by atoms with E-state index < -0.39 is 23.6 Å². The van der Waals surface area contributed by atoms with Crippen molar-refractivity contribution in [2.75, 3.05) is 6.61 Å². The van der Waals surface area contributed by atoms with Gasteiger partial charge in [0.1, 0.15) is 44.9 Å². The Morgan fingerprint density at radius 1 is 0.574 bits per heavy atom. The molecule has 0 aliphatic heterocycles. The lowest BCUT2D eigenvalue weighted by Crippen LogP contribution is -2.39. The summed E-state index contributed by atoms with van der Waals surface area (Å²) >= 11 is 6.99. The third-order valence-electron chi connectivity index (χ3n) is 10.7. The third-order valence-corrected chi connectivity index (χ3v) is 11.7. The molecular weight excluding hydrogens is 988 g/mol. The molecule has 0 radical (unpaired) electrons. The predicted molar refractivity (Wildman–Crippen MR) is 279 cm³/mol. The number of aliphatic carboxylic acids is 1. The van der Waals surface area contributed by atoms with Crippen molar-refractivity contribution in [1.82, 2.24) is 30.0 Å². The average Bonchev–Trinajstić information content (AvgIpc) is 3.91. The van der Waals surface area contributed by atoms with Crippen LogP contribution in [0.2, 0.25) is 0 Å². The molecule has 2 atom stereocenters. The van der Waals surface area contributed by atoms with Crippen molar-refractivity contribution in [3.63, 3.8) is 0 Å². The maximum atomic E-state index is 12.9. The van der Waals surface area contributed by atoms with Gasteiger partial charge in [-0.15, -0.1) is 30.0 Å². The molecule has 2 heterocycles. The van der Waals surface area contributed by atoms with Crippen LogP contribution in [0.3, 0.4) is 0 Å². The summed E-state index contributed by atoms with van der Waals surface area (Å²) in [6.07, 6.45) is -0.927. The van der Waals surface area contributed by atoms with Crippen LogP contribution in [-0.2, 0) is 30.8 Å². The summed E-state index contributed by atoms with van der Waals surface area (Å²) in [6.45, 7) is 16.4. The molecule has 2 unspecified atom stereocenters. The molecule has 0 spiro atoms. The molecule has 6 aromatic carbocycles. The van der Waals surface area contributed by atoms with Gasteiger partial charge in [0.05, 0.1) is 6.61 Å². The van der Waals surface area contributed by atoms with Crippen LogP contribution in [0.1, 0.15) is 106 Å². The van der Waals surface area contributed by atoms with Gasteiger partial charge in [-0.2, -0.15) is 0 Å². The van der Waals surface area contributed by atoms with Gasteiger partial charge in [-0.25, -0.2) is 9.59 Å². The Morgan fingerprint density at radius 2 is 0.956 bits per heavy atom. The van der Waals surface area contributed by atoms with E-state index in [4.69, 9.17) is 14.2 Å². The summed E-state index contributed by atoms with van der Waals surface area (Å²) in [6, 6.07) is 41.4. The maximum absolute atomic E-state index is 12.9. The average molecular weight is 1050 g/mol. The van der Waals surface area contributed by atoms with Crippen LogP contribution in [0.5, 0.6) is 11.5 Å². The van der Waals surface area contributed by atoms with Crippen molar-refractivity contribution >= 4 is 65.9 Å². The number of aromatic nitrogens is 6. The van der Waals surface area contributed by atoms with Crippen molar-refractivity contribution in [3.05, 3.63) is 165 Å². The van der Waals surface area contributed by atoms with Gasteiger partial charge < -0.3 is 19.3 Å². The van der Waals surface area contributed by atoms with Gasteiger partial charge in [0.25, 0.3) is 0 Å². The molecule has 0 bridgehead atoms. The summed E-state index contributed by atoms with van der Waals surface area (Å²) in [7, 11) is 0. The molecule has 12 nitrogen and oxygen atoms in total. The second-order valence-corrected chi connectivity index (χ2v) is 19.4. The first-order chi connectivity index (χ1) is 30.8. The number of esters is 1. The van der Waals surface area contributed by atoms with E-state index in [0.29, 0.717) is 34.0 Å². The van der Waals surface area contributed by atoms with E-state index in [2.05, 4.69) is 93.8 Å². The van der Waals surface area contributed by atoms with Crippen molar-refractivity contribution in [2.24, 2.45) is 0 Å². The number of halogens is 2. The number of hydrogen-bond donors (Lipinski definition) is 1. The molecule has 0 fully saturated rings. The molecule has 8 aromatic rings. The Bertz CT molecular complexity index is 2910. The first-order valence-corrected chi connectivity index (χ1v) is 22.6. The zero-order chi connectivity index (χ0) is 46.7. The fourth-order valence-corrected chi connectivity index (χ4v) is 7.60. The van der Waals surface area contributed by atoms with Crippen molar-refractivity contribution in [1.29, 1.82) is 0 Å². The summed E-state index contributed by atoms with van der Waals surface area (Å²) in [5.74, 6) is -0.711. The topological polar surface area (TPSA) is 143 Å². The number of benzene rings is 6. The summed E-state index contributed by atoms with van der Waals surface area (Å²) < 4.78 is 19.4. The number of carboxylic acid groups (broad SMARTS) is 1. The van der Waals surface area contributed by atoms with Crippen LogP contribution in [0, 0.1) is 0 Å². The van der Waals surface area contributed by atoms with Crippen molar-refractivity contribution < 1.29 is 28.9 Å². The van der Waals surface area contributed by atoms with E-state index in [0.717, 1.165) is 36.6 Å². The van der Waals surface area contributed by atoms with Crippen LogP contribution < -0.4 is 9.47 Å². The van der Waals surface area contributed by atoms with Crippen LogP contribution in [0.4, 0.5) is 0 Å². The molecule has 1 N–H and O–H groups in total. The minimum absolute atomic E-state index is 0. The number of hydrogen-bond acceptors (Lipinski definition) is 9. The van der Waals surface area contributed by atoms with Crippen molar-refractivity contribution in [3.8, 4) is 22.9 Å². The Balaban J connectivity index is 0.000000284. The van der Waals surface area contributed by atoms with Gasteiger partial charge >= 0.3 is 11.9 Å². The molecule has 8 rings (SSSR count). The van der Waals surface area contributed by atoms with E-state index >= 15 is 0 Å². The number of carbonyl (C=O) groups excluding carboxylic acids is 1. The number of carbonyl (C=O) groups is 2. The monoisotopic (exact) mass is 1050 g/mol. The Hall–Kier alpha value is -6.38. The zero-order valence-electron chi connectivity index (χ0n) is 37.4. The lowest BCUT2D eigenvalue weighted by molar-refractivity contribution is -0.154. The molecule has 0 aliphatic rings. The molecule has 14 heteroatoms. The molecule has 0 amide bonds. The maximum Gasteiger partial charge on any atom is 0.352 e. The highest BCUT2D eigenvalue weighted by atomic mass is 79.9. The van der Waals surface area contributed by atoms with E-state index in [-0.39, 0.29) is 39.7 Å². The zero-order valence-corrected chi connectivity index (χ0v) is 40.6. The normalized spacial score (nSPS) is 12.5. The quantitative estimate of drug-likeness (QED) is 0.124. The van der Waals surface area contributed by atoms with E-state index in [1.165, 1.54) is 15.2 Å². The Kier molecular flexibility index (Phi) is 17.7. The number of carboxylic acids is 1. The van der Waals surface area contributed by atoms with Gasteiger partial charge in [0.15, 0.2) is 0 Å². The second kappa shape index (κ2) is 22.2. The highest BCUT2D eigenvalue weighted by Gasteiger charge is 2.39. The van der Waals surface area contributed by atoms with Crippen LogP contribution in [0.15, 0.2) is 142 Å². The Morgan fingerprint density at radius 3 is 1.35 bits per heavy atom. The molecular formula is C54H62Br2N6O6. The van der Waals surface area contributed by atoms with Crippen molar-refractivity contribution in [2.45, 2.75) is 100 Å². The summed E-state index contributed by atoms with van der Waals surface area (Å²) in [5, 5.41) is 28.3. The van der Waals surface area contributed by atoms with Gasteiger partial charge in [0.2, 0.25) is 11.7 Å². The van der Waals surface area contributed by atoms with Crippen LogP contribution in [-0.4, -0.2) is 53.6 Å². The minimum Gasteiger partial charge on any atom is -0.478 e. The number of ether oxygens (including phenoxy) is 3.